The fraction of sp³-hybridized carbons (Fsp3) is 0.643. The summed E-state index contributed by atoms with van der Waals surface area (Å²) >= 11 is 0. The number of benzene rings is 1. The molecule has 5 nitrogen and oxygen atoms in total. The monoisotopic (exact) mass is 457 g/mol. The van der Waals surface area contributed by atoms with Gasteiger partial charge in [-0.3, -0.25) is 4.99 Å². The van der Waals surface area contributed by atoms with Gasteiger partial charge in [-0.1, -0.05) is 114 Å². The van der Waals surface area contributed by atoms with Gasteiger partial charge in [-0.05, 0) is 18.4 Å². The first-order chi connectivity index (χ1) is 16.2. The summed E-state index contributed by atoms with van der Waals surface area (Å²) in [7, 11) is 0. The molecular formula is C28H43NO4. The van der Waals surface area contributed by atoms with Crippen molar-refractivity contribution in [2.45, 2.75) is 109 Å². The molecule has 0 aromatic heterocycles. The van der Waals surface area contributed by atoms with Gasteiger partial charge in [-0.25, -0.2) is 4.79 Å². The Morgan fingerprint density at radius 1 is 0.879 bits per heavy atom. The number of esters is 1. The Morgan fingerprint density at radius 2 is 1.42 bits per heavy atom. The van der Waals surface area contributed by atoms with Gasteiger partial charge in [0.1, 0.15) is 5.57 Å². The minimum Gasteiger partial charge on any atom is -0.507 e. The topological polar surface area (TPSA) is 79.1 Å². The Balaban J connectivity index is 1.73. The smallest absolute Gasteiger partial charge is 0.344 e. The molecule has 0 bridgehead atoms. The maximum atomic E-state index is 12.3. The third kappa shape index (κ3) is 10.1. The summed E-state index contributed by atoms with van der Waals surface area (Å²) in [5.74, 6) is -0.780. The molecule has 0 fully saturated rings. The zero-order valence-electron chi connectivity index (χ0n) is 20.4. The summed E-state index contributed by atoms with van der Waals surface area (Å²) in [6.07, 6.45) is 16.3. The first-order valence-corrected chi connectivity index (χ1v) is 13.0. The van der Waals surface area contributed by atoms with Crippen LogP contribution in [-0.4, -0.2) is 34.6 Å². The number of unbranched alkanes of at least 4 members (excludes halogenated alkanes) is 12. The molecule has 1 aliphatic rings. The van der Waals surface area contributed by atoms with Gasteiger partial charge in [0.05, 0.1) is 18.9 Å². The van der Waals surface area contributed by atoms with E-state index < -0.39 is 18.7 Å². The van der Waals surface area contributed by atoms with E-state index in [4.69, 9.17) is 4.74 Å². The van der Waals surface area contributed by atoms with Crippen molar-refractivity contribution in [3.8, 4) is 0 Å². The molecule has 1 atom stereocenters. The van der Waals surface area contributed by atoms with E-state index in [0.29, 0.717) is 18.7 Å². The molecule has 1 aliphatic heterocycles. The Bertz CT molecular complexity index is 742. The molecule has 33 heavy (non-hydrogen) atoms. The second kappa shape index (κ2) is 16.5. The van der Waals surface area contributed by atoms with E-state index in [-0.39, 0.29) is 11.3 Å². The molecule has 5 heteroatoms. The molecule has 0 saturated carbocycles. The van der Waals surface area contributed by atoms with Gasteiger partial charge in [-0.2, -0.15) is 0 Å². The van der Waals surface area contributed by atoms with Gasteiger partial charge in [0.15, 0.2) is 11.9 Å². The van der Waals surface area contributed by atoms with E-state index in [1.165, 1.54) is 70.6 Å². The van der Waals surface area contributed by atoms with Crippen molar-refractivity contribution in [1.29, 1.82) is 0 Å². The first kappa shape index (κ1) is 27.1. The average molecular weight is 458 g/mol. The Morgan fingerprint density at radius 3 is 1.94 bits per heavy atom. The second-order valence-electron chi connectivity index (χ2n) is 9.08. The summed E-state index contributed by atoms with van der Waals surface area (Å²) in [6.45, 7) is 2.28. The SMILES string of the molecule is CCCCCCCCCCCCCCCC(=NCc1ccccc1)C1=C(O)C(CO)OC1=O. The van der Waals surface area contributed by atoms with Crippen LogP contribution in [0.1, 0.15) is 102 Å². The number of aliphatic imine (C=N–C) groups is 1. The van der Waals surface area contributed by atoms with Crippen molar-refractivity contribution >= 4 is 11.7 Å². The predicted molar refractivity (Wildman–Crippen MR) is 135 cm³/mol. The highest BCUT2D eigenvalue weighted by Gasteiger charge is 2.36. The van der Waals surface area contributed by atoms with E-state index >= 15 is 0 Å². The lowest BCUT2D eigenvalue weighted by Gasteiger charge is -2.08. The van der Waals surface area contributed by atoms with Crippen molar-refractivity contribution < 1.29 is 19.7 Å². The molecule has 1 aromatic rings. The van der Waals surface area contributed by atoms with Gasteiger partial charge in [0.25, 0.3) is 0 Å². The summed E-state index contributed by atoms with van der Waals surface area (Å²) in [5, 5.41) is 19.7. The average Bonchev–Trinajstić information content (AvgIpc) is 3.12. The van der Waals surface area contributed by atoms with Crippen molar-refractivity contribution in [2.75, 3.05) is 6.61 Å². The van der Waals surface area contributed by atoms with Crippen molar-refractivity contribution in [3.63, 3.8) is 0 Å². The Labute approximate surface area is 200 Å². The molecule has 0 aliphatic carbocycles. The van der Waals surface area contributed by atoms with E-state index in [2.05, 4.69) is 11.9 Å². The highest BCUT2D eigenvalue weighted by molar-refractivity contribution is 6.21. The summed E-state index contributed by atoms with van der Waals surface area (Å²) < 4.78 is 5.09. The third-order valence-corrected chi connectivity index (χ3v) is 6.28. The van der Waals surface area contributed by atoms with Crippen LogP contribution in [0.2, 0.25) is 0 Å². The molecule has 0 spiro atoms. The Hall–Kier alpha value is -2.14. The maximum absolute atomic E-state index is 12.3. The molecule has 0 amide bonds. The number of hydrogen-bond donors (Lipinski definition) is 2. The molecule has 184 valence electrons. The number of ether oxygens (including phenoxy) is 1. The minimum absolute atomic E-state index is 0.143. The van der Waals surface area contributed by atoms with Crippen LogP contribution in [0.4, 0.5) is 0 Å². The number of carbonyl (C=O) groups is 1. The highest BCUT2D eigenvalue weighted by atomic mass is 16.6. The molecular weight excluding hydrogens is 414 g/mol. The van der Waals surface area contributed by atoms with E-state index in [0.717, 1.165) is 18.4 Å². The number of aliphatic hydroxyl groups is 2. The molecule has 1 aromatic carbocycles. The van der Waals surface area contributed by atoms with Crippen LogP contribution < -0.4 is 0 Å². The van der Waals surface area contributed by atoms with Gasteiger partial charge < -0.3 is 14.9 Å². The third-order valence-electron chi connectivity index (χ3n) is 6.28. The fourth-order valence-corrected chi connectivity index (χ4v) is 4.26. The number of cyclic esters (lactones) is 1. The zero-order valence-corrected chi connectivity index (χ0v) is 20.4. The molecule has 0 saturated heterocycles. The first-order valence-electron chi connectivity index (χ1n) is 13.0. The number of aliphatic hydroxyl groups excluding tert-OH is 2. The number of hydrogen-bond acceptors (Lipinski definition) is 5. The molecule has 0 radical (unpaired) electrons. The standard InChI is InChI=1S/C28H43NO4/c1-2-3-4-5-6-7-8-9-10-11-12-13-17-20-24(29-21-23-18-15-14-16-19-23)26-27(31)25(22-30)33-28(26)32/h14-16,18-19,25,30-31H,2-13,17,20-22H2,1H3. The van der Waals surface area contributed by atoms with E-state index in [1.54, 1.807) is 0 Å². The number of carbonyl (C=O) groups excluding carboxylic acids is 1. The predicted octanol–water partition coefficient (Wildman–Crippen LogP) is 6.84. The lowest BCUT2D eigenvalue weighted by Crippen LogP contribution is -2.15. The van der Waals surface area contributed by atoms with Crippen LogP contribution >= 0.6 is 0 Å². The lowest BCUT2D eigenvalue weighted by atomic mass is 10.0. The van der Waals surface area contributed by atoms with Gasteiger partial charge in [0, 0.05) is 0 Å². The van der Waals surface area contributed by atoms with Crippen LogP contribution in [0.15, 0.2) is 46.7 Å². The second-order valence-corrected chi connectivity index (χ2v) is 9.08. The molecule has 2 N–H and O–H groups in total. The molecule has 2 rings (SSSR count). The van der Waals surface area contributed by atoms with Crippen LogP contribution in [0.3, 0.4) is 0 Å². The molecule has 1 heterocycles. The van der Waals surface area contributed by atoms with Crippen LogP contribution in [-0.2, 0) is 16.1 Å². The van der Waals surface area contributed by atoms with E-state index in [1.807, 2.05) is 30.3 Å². The van der Waals surface area contributed by atoms with Crippen LogP contribution in [0, 0.1) is 0 Å². The van der Waals surface area contributed by atoms with Crippen molar-refractivity contribution in [3.05, 3.63) is 47.2 Å². The van der Waals surface area contributed by atoms with Gasteiger partial charge in [-0.15, -0.1) is 0 Å². The van der Waals surface area contributed by atoms with Gasteiger partial charge >= 0.3 is 5.97 Å². The number of nitrogens with zero attached hydrogens (tertiary/aromatic N) is 1. The zero-order chi connectivity index (χ0) is 23.7. The van der Waals surface area contributed by atoms with Crippen molar-refractivity contribution in [1.82, 2.24) is 0 Å². The van der Waals surface area contributed by atoms with Gasteiger partial charge in [0.2, 0.25) is 0 Å². The quantitative estimate of drug-likeness (QED) is 0.144. The maximum Gasteiger partial charge on any atom is 0.344 e. The minimum atomic E-state index is -0.971. The summed E-state index contributed by atoms with van der Waals surface area (Å²) in [4.78, 5) is 17.0. The fourth-order valence-electron chi connectivity index (χ4n) is 4.26. The molecule has 1 unspecified atom stereocenters. The van der Waals surface area contributed by atoms with Crippen molar-refractivity contribution in [2.24, 2.45) is 4.99 Å². The largest absolute Gasteiger partial charge is 0.507 e. The summed E-state index contributed by atoms with van der Waals surface area (Å²) in [5.41, 5.74) is 1.77. The lowest BCUT2D eigenvalue weighted by molar-refractivity contribution is -0.141. The number of rotatable bonds is 18. The van der Waals surface area contributed by atoms with Crippen LogP contribution in [0.25, 0.3) is 0 Å². The van der Waals surface area contributed by atoms with Crippen LogP contribution in [0.5, 0.6) is 0 Å². The normalized spacial score (nSPS) is 16.5. The van der Waals surface area contributed by atoms with E-state index in [9.17, 15) is 15.0 Å². The summed E-state index contributed by atoms with van der Waals surface area (Å²) in [6, 6.07) is 9.85. The highest BCUT2D eigenvalue weighted by Crippen LogP contribution is 2.24. The Kier molecular flexibility index (Phi) is 13.5.